The number of nitrogens with one attached hydrogen (secondary N) is 3. The van der Waals surface area contributed by atoms with Crippen LogP contribution in [0, 0.1) is 0 Å². The third kappa shape index (κ3) is 3.92. The lowest BCUT2D eigenvalue weighted by Crippen LogP contribution is -2.47. The van der Waals surface area contributed by atoms with Crippen LogP contribution >= 0.6 is 11.6 Å². The Labute approximate surface area is 151 Å². The standard InChI is InChI=1S/C17H24ClN5O2/c1-2-3-6-19-13-9-21-16-14(13)15(12(18)8-20-16)23-7-4-5-11(10-23)22-17(24)25/h8-9,11,19,22H,2-7,10H2,1H3,(H,20,21)(H,24,25). The van der Waals surface area contributed by atoms with Crippen LogP contribution in [0.3, 0.4) is 0 Å². The fourth-order valence-corrected chi connectivity index (χ4v) is 3.64. The number of piperidine rings is 1. The maximum Gasteiger partial charge on any atom is 0.404 e. The molecule has 1 aliphatic rings. The van der Waals surface area contributed by atoms with E-state index in [-0.39, 0.29) is 6.04 Å². The first-order valence-corrected chi connectivity index (χ1v) is 9.11. The number of hydrogen-bond donors (Lipinski definition) is 4. The zero-order valence-corrected chi connectivity index (χ0v) is 15.1. The highest BCUT2D eigenvalue weighted by molar-refractivity contribution is 6.35. The maximum absolute atomic E-state index is 11.0. The molecule has 0 radical (unpaired) electrons. The third-order valence-electron chi connectivity index (χ3n) is 4.54. The average molecular weight is 366 g/mol. The second kappa shape index (κ2) is 7.82. The Morgan fingerprint density at radius 2 is 2.40 bits per heavy atom. The minimum atomic E-state index is -0.985. The number of unbranched alkanes of at least 4 members (excludes halogenated alkanes) is 1. The number of pyridine rings is 1. The molecule has 1 atom stereocenters. The van der Waals surface area contributed by atoms with Gasteiger partial charge in [0.2, 0.25) is 0 Å². The Morgan fingerprint density at radius 1 is 1.56 bits per heavy atom. The lowest BCUT2D eigenvalue weighted by atomic mass is 10.0. The molecule has 0 spiro atoms. The highest BCUT2D eigenvalue weighted by Crippen LogP contribution is 2.38. The van der Waals surface area contributed by atoms with Gasteiger partial charge in [-0.05, 0) is 19.3 Å². The van der Waals surface area contributed by atoms with Gasteiger partial charge in [-0.15, -0.1) is 0 Å². The van der Waals surface area contributed by atoms with Crippen LogP contribution in [-0.4, -0.2) is 46.8 Å². The molecule has 4 N–H and O–H groups in total. The Bertz CT molecular complexity index is 748. The molecule has 8 heteroatoms. The van der Waals surface area contributed by atoms with E-state index in [1.54, 1.807) is 6.20 Å². The number of hydrogen-bond acceptors (Lipinski definition) is 4. The summed E-state index contributed by atoms with van der Waals surface area (Å²) in [6, 6.07) is -0.0963. The number of carboxylic acid groups (broad SMARTS) is 1. The highest BCUT2D eigenvalue weighted by atomic mass is 35.5. The predicted molar refractivity (Wildman–Crippen MR) is 101 cm³/mol. The van der Waals surface area contributed by atoms with Crippen LogP contribution in [0.5, 0.6) is 0 Å². The van der Waals surface area contributed by atoms with E-state index in [9.17, 15) is 4.79 Å². The van der Waals surface area contributed by atoms with E-state index in [2.05, 4.69) is 32.4 Å². The lowest BCUT2D eigenvalue weighted by Gasteiger charge is -2.35. The second-order valence-corrected chi connectivity index (χ2v) is 6.80. The van der Waals surface area contributed by atoms with Gasteiger partial charge in [0.05, 0.1) is 28.0 Å². The second-order valence-electron chi connectivity index (χ2n) is 6.40. The van der Waals surface area contributed by atoms with E-state index < -0.39 is 6.09 Å². The normalized spacial score (nSPS) is 17.7. The molecule has 1 aliphatic heterocycles. The van der Waals surface area contributed by atoms with Crippen molar-refractivity contribution in [1.29, 1.82) is 0 Å². The number of rotatable bonds is 6. The molecule has 136 valence electrons. The first kappa shape index (κ1) is 17.7. The summed E-state index contributed by atoms with van der Waals surface area (Å²) in [5.41, 5.74) is 2.69. The number of nitrogens with zero attached hydrogens (tertiary/aromatic N) is 2. The molecule has 1 amide bonds. The summed E-state index contributed by atoms with van der Waals surface area (Å²) in [5, 5.41) is 16.6. The van der Waals surface area contributed by atoms with Crippen molar-refractivity contribution in [3.63, 3.8) is 0 Å². The SMILES string of the molecule is CCCCNc1c[nH]c2ncc(Cl)c(N3CCCC(NC(=O)O)C3)c12. The topological polar surface area (TPSA) is 93.3 Å². The van der Waals surface area contributed by atoms with E-state index in [1.807, 2.05) is 6.20 Å². The van der Waals surface area contributed by atoms with E-state index in [1.165, 1.54) is 0 Å². The first-order chi connectivity index (χ1) is 12.1. The number of anilines is 2. The van der Waals surface area contributed by atoms with Gasteiger partial charge < -0.3 is 25.6 Å². The van der Waals surface area contributed by atoms with Crippen LogP contribution in [0.2, 0.25) is 5.02 Å². The quantitative estimate of drug-likeness (QED) is 0.586. The summed E-state index contributed by atoms with van der Waals surface area (Å²) in [5.74, 6) is 0. The molecule has 3 rings (SSSR count). The summed E-state index contributed by atoms with van der Waals surface area (Å²) in [6.07, 6.45) is 6.54. The van der Waals surface area contributed by atoms with E-state index in [0.717, 1.165) is 61.2 Å². The lowest BCUT2D eigenvalue weighted by molar-refractivity contribution is 0.188. The molecule has 1 saturated heterocycles. The summed E-state index contributed by atoms with van der Waals surface area (Å²) in [4.78, 5) is 20.7. The van der Waals surface area contributed by atoms with E-state index >= 15 is 0 Å². The number of halogens is 1. The van der Waals surface area contributed by atoms with Gasteiger partial charge in [-0.3, -0.25) is 0 Å². The molecule has 1 fully saturated rings. The van der Waals surface area contributed by atoms with E-state index in [4.69, 9.17) is 16.7 Å². The number of H-pyrrole nitrogens is 1. The van der Waals surface area contributed by atoms with Gasteiger partial charge in [0.1, 0.15) is 5.65 Å². The van der Waals surface area contributed by atoms with Gasteiger partial charge >= 0.3 is 6.09 Å². The van der Waals surface area contributed by atoms with Crippen molar-refractivity contribution in [1.82, 2.24) is 15.3 Å². The summed E-state index contributed by atoms with van der Waals surface area (Å²) >= 11 is 6.50. The number of aromatic nitrogens is 2. The van der Waals surface area contributed by atoms with Gasteiger partial charge in [-0.1, -0.05) is 24.9 Å². The smallest absolute Gasteiger partial charge is 0.404 e. The predicted octanol–water partition coefficient (Wildman–Crippen LogP) is 3.66. The molecule has 0 saturated carbocycles. The minimum absolute atomic E-state index is 0.0963. The zero-order valence-electron chi connectivity index (χ0n) is 14.3. The molecule has 0 bridgehead atoms. The van der Waals surface area contributed by atoms with Crippen LogP contribution in [0.1, 0.15) is 32.6 Å². The molecule has 0 aromatic carbocycles. The molecule has 1 unspecified atom stereocenters. The van der Waals surface area contributed by atoms with Crippen molar-refractivity contribution in [3.05, 3.63) is 17.4 Å². The number of amides is 1. The van der Waals surface area contributed by atoms with Crippen molar-refractivity contribution in [2.45, 2.75) is 38.6 Å². The van der Waals surface area contributed by atoms with Crippen LogP contribution in [0.25, 0.3) is 11.0 Å². The molecule has 0 aliphatic carbocycles. The number of aromatic amines is 1. The maximum atomic E-state index is 11.0. The van der Waals surface area contributed by atoms with Crippen LogP contribution in [-0.2, 0) is 0 Å². The van der Waals surface area contributed by atoms with Crippen LogP contribution in [0.4, 0.5) is 16.2 Å². The average Bonchev–Trinajstić information content (AvgIpc) is 2.98. The van der Waals surface area contributed by atoms with Crippen molar-refractivity contribution in [3.8, 4) is 0 Å². The summed E-state index contributed by atoms with van der Waals surface area (Å²) in [7, 11) is 0. The molecular formula is C17H24ClN5O2. The van der Waals surface area contributed by atoms with Crippen molar-refractivity contribution >= 4 is 40.1 Å². The monoisotopic (exact) mass is 365 g/mol. The molecule has 2 aromatic heterocycles. The van der Waals surface area contributed by atoms with Crippen LogP contribution in [0.15, 0.2) is 12.4 Å². The minimum Gasteiger partial charge on any atom is -0.465 e. The molecule has 7 nitrogen and oxygen atoms in total. The highest BCUT2D eigenvalue weighted by Gasteiger charge is 2.25. The van der Waals surface area contributed by atoms with Gasteiger partial charge in [0.15, 0.2) is 0 Å². The summed E-state index contributed by atoms with van der Waals surface area (Å²) < 4.78 is 0. The number of fused-ring (bicyclic) bond motifs is 1. The van der Waals surface area contributed by atoms with E-state index in [0.29, 0.717) is 11.6 Å². The molecule has 25 heavy (non-hydrogen) atoms. The fourth-order valence-electron chi connectivity index (χ4n) is 3.38. The van der Waals surface area contributed by atoms with Crippen molar-refractivity contribution in [2.75, 3.05) is 29.9 Å². The van der Waals surface area contributed by atoms with Crippen molar-refractivity contribution < 1.29 is 9.90 Å². The fraction of sp³-hybridized carbons (Fsp3) is 0.529. The zero-order chi connectivity index (χ0) is 17.8. The van der Waals surface area contributed by atoms with Gasteiger partial charge in [0, 0.05) is 31.9 Å². The Balaban J connectivity index is 1.92. The third-order valence-corrected chi connectivity index (χ3v) is 4.82. The summed E-state index contributed by atoms with van der Waals surface area (Å²) in [6.45, 7) is 4.49. The van der Waals surface area contributed by atoms with Gasteiger partial charge in [-0.25, -0.2) is 9.78 Å². The van der Waals surface area contributed by atoms with Crippen molar-refractivity contribution in [2.24, 2.45) is 0 Å². The number of carbonyl (C=O) groups is 1. The molecule has 3 heterocycles. The molecular weight excluding hydrogens is 342 g/mol. The first-order valence-electron chi connectivity index (χ1n) is 8.74. The van der Waals surface area contributed by atoms with Gasteiger partial charge in [0.25, 0.3) is 0 Å². The Kier molecular flexibility index (Phi) is 5.53. The van der Waals surface area contributed by atoms with Crippen LogP contribution < -0.4 is 15.5 Å². The Hall–Kier alpha value is -2.15. The Morgan fingerprint density at radius 3 is 3.16 bits per heavy atom. The largest absolute Gasteiger partial charge is 0.465 e. The van der Waals surface area contributed by atoms with Gasteiger partial charge in [-0.2, -0.15) is 0 Å². The molecule has 2 aromatic rings.